The summed E-state index contributed by atoms with van der Waals surface area (Å²) in [6.45, 7) is 1.52. The fraction of sp³-hybridized carbons (Fsp3) is 0.364. The van der Waals surface area contributed by atoms with Gasteiger partial charge in [-0.05, 0) is 12.1 Å². The van der Waals surface area contributed by atoms with Gasteiger partial charge in [-0.3, -0.25) is 4.79 Å². The van der Waals surface area contributed by atoms with Gasteiger partial charge < -0.3 is 9.80 Å². The number of carbonyl (C=O) groups excluding carboxylic acids is 1. The molecule has 0 aliphatic carbocycles. The molecule has 3 nitrogen and oxygen atoms in total. The molecule has 0 spiro atoms. The van der Waals surface area contributed by atoms with E-state index in [2.05, 4.69) is 17.0 Å². The SMILES string of the molecule is CN1CN(c2ccccc2)CCC1=O. The predicted molar refractivity (Wildman–Crippen MR) is 56.0 cm³/mol. The Morgan fingerprint density at radius 1 is 1.21 bits per heavy atom. The summed E-state index contributed by atoms with van der Waals surface area (Å²) >= 11 is 0. The van der Waals surface area contributed by atoms with Crippen LogP contribution in [0.5, 0.6) is 0 Å². The average molecular weight is 190 g/mol. The van der Waals surface area contributed by atoms with E-state index >= 15 is 0 Å². The summed E-state index contributed by atoms with van der Waals surface area (Å²) in [6, 6.07) is 10.2. The molecule has 0 atom stereocenters. The van der Waals surface area contributed by atoms with E-state index in [0.29, 0.717) is 13.1 Å². The Morgan fingerprint density at radius 2 is 1.93 bits per heavy atom. The van der Waals surface area contributed by atoms with E-state index in [1.54, 1.807) is 4.90 Å². The zero-order valence-corrected chi connectivity index (χ0v) is 8.31. The van der Waals surface area contributed by atoms with Crippen LogP contribution in [0.2, 0.25) is 0 Å². The molecule has 0 bridgehead atoms. The fourth-order valence-corrected chi connectivity index (χ4v) is 1.68. The molecule has 0 radical (unpaired) electrons. The highest BCUT2D eigenvalue weighted by Gasteiger charge is 2.20. The highest BCUT2D eigenvalue weighted by atomic mass is 16.2. The molecule has 1 aromatic rings. The normalized spacial score (nSPS) is 17.4. The van der Waals surface area contributed by atoms with Gasteiger partial charge in [0.05, 0.1) is 6.67 Å². The van der Waals surface area contributed by atoms with Crippen molar-refractivity contribution in [2.45, 2.75) is 6.42 Å². The first-order valence-corrected chi connectivity index (χ1v) is 4.81. The molecule has 1 amide bonds. The lowest BCUT2D eigenvalue weighted by Gasteiger charge is -2.34. The van der Waals surface area contributed by atoms with E-state index in [1.165, 1.54) is 5.69 Å². The summed E-state index contributed by atoms with van der Waals surface area (Å²) in [6.07, 6.45) is 0.616. The zero-order valence-electron chi connectivity index (χ0n) is 8.31. The Bertz CT molecular complexity index is 323. The first-order chi connectivity index (χ1) is 6.77. The van der Waals surface area contributed by atoms with Crippen LogP contribution in [-0.4, -0.2) is 31.1 Å². The first-order valence-electron chi connectivity index (χ1n) is 4.81. The summed E-state index contributed by atoms with van der Waals surface area (Å²) in [7, 11) is 1.84. The van der Waals surface area contributed by atoms with Crippen LogP contribution in [0, 0.1) is 0 Å². The smallest absolute Gasteiger partial charge is 0.225 e. The van der Waals surface area contributed by atoms with E-state index < -0.39 is 0 Å². The van der Waals surface area contributed by atoms with E-state index in [4.69, 9.17) is 0 Å². The molecule has 0 aromatic heterocycles. The Labute approximate surface area is 83.9 Å². The Morgan fingerprint density at radius 3 is 2.57 bits per heavy atom. The van der Waals surface area contributed by atoms with Gasteiger partial charge in [0.15, 0.2) is 0 Å². The summed E-state index contributed by atoms with van der Waals surface area (Å²) < 4.78 is 0. The zero-order chi connectivity index (χ0) is 9.97. The molecule has 74 valence electrons. The third-order valence-electron chi connectivity index (χ3n) is 2.53. The van der Waals surface area contributed by atoms with Crippen molar-refractivity contribution in [1.29, 1.82) is 0 Å². The third-order valence-corrected chi connectivity index (χ3v) is 2.53. The molecular weight excluding hydrogens is 176 g/mol. The number of rotatable bonds is 1. The van der Waals surface area contributed by atoms with Gasteiger partial charge in [-0.1, -0.05) is 18.2 Å². The molecule has 0 saturated carbocycles. The Hall–Kier alpha value is -1.51. The van der Waals surface area contributed by atoms with Gasteiger partial charge >= 0.3 is 0 Å². The minimum Gasteiger partial charge on any atom is -0.353 e. The molecule has 1 aliphatic heterocycles. The van der Waals surface area contributed by atoms with Crippen molar-refractivity contribution in [2.24, 2.45) is 0 Å². The highest BCUT2D eigenvalue weighted by Crippen LogP contribution is 2.16. The molecule has 1 aliphatic rings. The maximum atomic E-state index is 11.3. The largest absolute Gasteiger partial charge is 0.353 e. The first kappa shape index (κ1) is 9.06. The molecule has 0 N–H and O–H groups in total. The molecular formula is C11H14N2O. The van der Waals surface area contributed by atoms with Crippen LogP contribution in [0.1, 0.15) is 6.42 Å². The number of carbonyl (C=O) groups is 1. The molecule has 0 unspecified atom stereocenters. The van der Waals surface area contributed by atoms with Crippen LogP contribution in [0.15, 0.2) is 30.3 Å². The van der Waals surface area contributed by atoms with Gasteiger partial charge in [0.2, 0.25) is 5.91 Å². The van der Waals surface area contributed by atoms with E-state index in [9.17, 15) is 4.79 Å². The van der Waals surface area contributed by atoms with Crippen LogP contribution in [0.4, 0.5) is 5.69 Å². The van der Waals surface area contributed by atoms with Gasteiger partial charge in [0.25, 0.3) is 0 Å². The topological polar surface area (TPSA) is 23.6 Å². The highest BCUT2D eigenvalue weighted by molar-refractivity contribution is 5.78. The maximum Gasteiger partial charge on any atom is 0.225 e. The minimum atomic E-state index is 0.234. The molecule has 3 heteroatoms. The van der Waals surface area contributed by atoms with Gasteiger partial charge in [-0.2, -0.15) is 0 Å². The van der Waals surface area contributed by atoms with Crippen molar-refractivity contribution >= 4 is 11.6 Å². The molecule has 2 rings (SSSR count). The number of hydrogen-bond donors (Lipinski definition) is 0. The summed E-state index contributed by atoms with van der Waals surface area (Å²) in [4.78, 5) is 15.2. The number of para-hydroxylation sites is 1. The van der Waals surface area contributed by atoms with Crippen LogP contribution in [-0.2, 0) is 4.79 Å². The molecule has 1 fully saturated rings. The van der Waals surface area contributed by atoms with Gasteiger partial charge in [0, 0.05) is 25.7 Å². The molecule has 1 heterocycles. The van der Waals surface area contributed by atoms with Crippen LogP contribution in [0.25, 0.3) is 0 Å². The van der Waals surface area contributed by atoms with Crippen molar-refractivity contribution in [1.82, 2.24) is 4.90 Å². The van der Waals surface area contributed by atoms with Gasteiger partial charge in [-0.25, -0.2) is 0 Å². The van der Waals surface area contributed by atoms with Gasteiger partial charge in [-0.15, -0.1) is 0 Å². The molecule has 1 saturated heterocycles. The number of anilines is 1. The lowest BCUT2D eigenvalue weighted by Crippen LogP contribution is -2.46. The summed E-state index contributed by atoms with van der Waals surface area (Å²) in [5.41, 5.74) is 1.19. The van der Waals surface area contributed by atoms with Crippen LogP contribution < -0.4 is 4.90 Å². The standard InChI is InChI=1S/C11H14N2O/c1-12-9-13(8-7-11(12)14)10-5-3-2-4-6-10/h2-6H,7-9H2,1H3. The van der Waals surface area contributed by atoms with Crippen molar-refractivity contribution in [2.75, 3.05) is 25.2 Å². The third kappa shape index (κ3) is 1.71. The van der Waals surface area contributed by atoms with Crippen molar-refractivity contribution < 1.29 is 4.79 Å². The van der Waals surface area contributed by atoms with Crippen LogP contribution in [0.3, 0.4) is 0 Å². The predicted octanol–water partition coefficient (Wildman–Crippen LogP) is 1.31. The Kier molecular flexibility index (Phi) is 2.39. The fourth-order valence-electron chi connectivity index (χ4n) is 1.68. The minimum absolute atomic E-state index is 0.234. The van der Waals surface area contributed by atoms with E-state index in [1.807, 2.05) is 25.2 Å². The van der Waals surface area contributed by atoms with Crippen molar-refractivity contribution in [3.05, 3.63) is 30.3 Å². The van der Waals surface area contributed by atoms with Crippen molar-refractivity contribution in [3.8, 4) is 0 Å². The number of amides is 1. The summed E-state index contributed by atoms with van der Waals surface area (Å²) in [5, 5.41) is 0. The number of hydrogen-bond acceptors (Lipinski definition) is 2. The average Bonchev–Trinajstić information content (AvgIpc) is 2.23. The van der Waals surface area contributed by atoms with Crippen molar-refractivity contribution in [3.63, 3.8) is 0 Å². The second kappa shape index (κ2) is 3.70. The molecule has 1 aromatic carbocycles. The second-order valence-corrected chi connectivity index (χ2v) is 3.58. The number of nitrogens with zero attached hydrogens (tertiary/aromatic N) is 2. The maximum absolute atomic E-state index is 11.3. The second-order valence-electron chi connectivity index (χ2n) is 3.58. The van der Waals surface area contributed by atoms with Gasteiger partial charge in [0.1, 0.15) is 0 Å². The quantitative estimate of drug-likeness (QED) is 0.666. The lowest BCUT2D eigenvalue weighted by molar-refractivity contribution is -0.131. The monoisotopic (exact) mass is 190 g/mol. The Balaban J connectivity index is 2.11. The lowest BCUT2D eigenvalue weighted by atomic mass is 10.2. The van der Waals surface area contributed by atoms with Crippen LogP contribution >= 0.6 is 0 Å². The number of benzene rings is 1. The van der Waals surface area contributed by atoms with E-state index in [-0.39, 0.29) is 5.91 Å². The van der Waals surface area contributed by atoms with E-state index in [0.717, 1.165) is 6.54 Å². The summed E-state index contributed by atoms with van der Waals surface area (Å²) in [5.74, 6) is 0.234. The molecule has 14 heavy (non-hydrogen) atoms.